The Balaban J connectivity index is 2.01. The molecule has 1 N–H and O–H groups in total. The zero-order valence-electron chi connectivity index (χ0n) is 10.8. The maximum atomic E-state index is 4.00. The average Bonchev–Trinajstić information content (AvgIpc) is 2.23. The summed E-state index contributed by atoms with van der Waals surface area (Å²) in [5.74, 6) is 0. The van der Waals surface area contributed by atoms with Crippen LogP contribution in [0.15, 0.2) is 24.5 Å². The summed E-state index contributed by atoms with van der Waals surface area (Å²) in [6, 6.07) is 4.12. The smallest absolute Gasteiger partial charge is 0.0271 e. The first-order valence-electron chi connectivity index (χ1n) is 6.17. The van der Waals surface area contributed by atoms with E-state index in [0.29, 0.717) is 5.41 Å². The summed E-state index contributed by atoms with van der Waals surface area (Å²) >= 11 is 0. The fraction of sp³-hybridized carbons (Fsp3) is 0.643. The Morgan fingerprint density at radius 3 is 2.44 bits per heavy atom. The number of pyridine rings is 1. The van der Waals surface area contributed by atoms with Crippen LogP contribution < -0.4 is 5.32 Å². The van der Waals surface area contributed by atoms with Crippen molar-refractivity contribution in [2.24, 2.45) is 5.41 Å². The van der Waals surface area contributed by atoms with Gasteiger partial charge in [-0.25, -0.2) is 0 Å². The van der Waals surface area contributed by atoms with E-state index in [-0.39, 0.29) is 0 Å². The molecule has 0 aliphatic heterocycles. The molecule has 0 aliphatic carbocycles. The van der Waals surface area contributed by atoms with Gasteiger partial charge in [-0.1, -0.05) is 27.2 Å². The van der Waals surface area contributed by atoms with Gasteiger partial charge in [-0.15, -0.1) is 0 Å². The van der Waals surface area contributed by atoms with Gasteiger partial charge in [0.15, 0.2) is 0 Å². The molecule has 1 aromatic heterocycles. The molecule has 1 heterocycles. The molecule has 0 saturated heterocycles. The van der Waals surface area contributed by atoms with Gasteiger partial charge < -0.3 is 5.32 Å². The van der Waals surface area contributed by atoms with Crippen molar-refractivity contribution < 1.29 is 0 Å². The van der Waals surface area contributed by atoms with Gasteiger partial charge in [-0.3, -0.25) is 4.98 Å². The molecule has 0 fully saturated rings. The van der Waals surface area contributed by atoms with Crippen molar-refractivity contribution in [3.8, 4) is 0 Å². The van der Waals surface area contributed by atoms with Crippen molar-refractivity contribution in [2.75, 3.05) is 6.54 Å². The molecule has 1 rings (SSSR count). The van der Waals surface area contributed by atoms with Gasteiger partial charge >= 0.3 is 0 Å². The van der Waals surface area contributed by atoms with Crippen LogP contribution in [0.25, 0.3) is 0 Å². The Kier molecular flexibility index (Phi) is 5.47. The number of nitrogens with one attached hydrogen (secondary N) is 1. The van der Waals surface area contributed by atoms with E-state index in [2.05, 4.69) is 43.2 Å². The fourth-order valence-electron chi connectivity index (χ4n) is 1.64. The number of aromatic nitrogens is 1. The van der Waals surface area contributed by atoms with Crippen molar-refractivity contribution >= 4 is 0 Å². The standard InChI is InChI=1S/C14H24N2/c1-14(2,3)8-4-5-9-16-12-13-6-10-15-11-7-13/h6-7,10-11,16H,4-5,8-9,12H2,1-3H3. The summed E-state index contributed by atoms with van der Waals surface area (Å²) in [6.07, 6.45) is 7.58. The molecule has 0 bridgehead atoms. The monoisotopic (exact) mass is 220 g/mol. The topological polar surface area (TPSA) is 24.9 Å². The highest BCUT2D eigenvalue weighted by molar-refractivity contribution is 5.08. The van der Waals surface area contributed by atoms with E-state index in [1.54, 1.807) is 0 Å². The average molecular weight is 220 g/mol. The third-order valence-corrected chi connectivity index (χ3v) is 2.61. The highest BCUT2D eigenvalue weighted by Crippen LogP contribution is 2.21. The Morgan fingerprint density at radius 1 is 1.12 bits per heavy atom. The largest absolute Gasteiger partial charge is 0.313 e. The second-order valence-electron chi connectivity index (χ2n) is 5.55. The minimum absolute atomic E-state index is 0.477. The van der Waals surface area contributed by atoms with Crippen molar-refractivity contribution in [2.45, 2.75) is 46.6 Å². The van der Waals surface area contributed by atoms with Crippen LogP contribution in [0.3, 0.4) is 0 Å². The van der Waals surface area contributed by atoms with E-state index in [0.717, 1.165) is 13.1 Å². The van der Waals surface area contributed by atoms with E-state index in [4.69, 9.17) is 0 Å². The number of hydrogen-bond donors (Lipinski definition) is 1. The predicted octanol–water partition coefficient (Wildman–Crippen LogP) is 3.39. The van der Waals surface area contributed by atoms with Crippen LogP contribution in [0, 0.1) is 5.41 Å². The van der Waals surface area contributed by atoms with Crippen LogP contribution in [0.4, 0.5) is 0 Å². The molecule has 1 aromatic rings. The quantitative estimate of drug-likeness (QED) is 0.743. The van der Waals surface area contributed by atoms with Crippen molar-refractivity contribution in [1.82, 2.24) is 10.3 Å². The summed E-state index contributed by atoms with van der Waals surface area (Å²) in [7, 11) is 0. The predicted molar refractivity (Wildman–Crippen MR) is 69.2 cm³/mol. The lowest BCUT2D eigenvalue weighted by atomic mass is 9.90. The van der Waals surface area contributed by atoms with Gasteiger partial charge in [-0.05, 0) is 42.5 Å². The van der Waals surface area contributed by atoms with Crippen molar-refractivity contribution in [3.63, 3.8) is 0 Å². The first-order chi connectivity index (χ1) is 7.58. The minimum Gasteiger partial charge on any atom is -0.313 e. The van der Waals surface area contributed by atoms with Crippen LogP contribution in [-0.4, -0.2) is 11.5 Å². The first-order valence-corrected chi connectivity index (χ1v) is 6.17. The number of hydrogen-bond acceptors (Lipinski definition) is 2. The lowest BCUT2D eigenvalue weighted by molar-refractivity contribution is 0.358. The highest BCUT2D eigenvalue weighted by Gasteiger charge is 2.08. The summed E-state index contributed by atoms with van der Waals surface area (Å²) in [4.78, 5) is 4.00. The Morgan fingerprint density at radius 2 is 1.81 bits per heavy atom. The lowest BCUT2D eigenvalue weighted by Gasteiger charge is -2.17. The normalized spacial score (nSPS) is 11.7. The lowest BCUT2D eigenvalue weighted by Crippen LogP contribution is -2.15. The third-order valence-electron chi connectivity index (χ3n) is 2.61. The second kappa shape index (κ2) is 6.64. The SMILES string of the molecule is CC(C)(C)CCCCNCc1ccncc1. The van der Waals surface area contributed by atoms with Crippen LogP contribution in [-0.2, 0) is 6.54 Å². The Labute approximate surface area is 99.5 Å². The summed E-state index contributed by atoms with van der Waals surface area (Å²) in [6.45, 7) is 8.97. The van der Waals surface area contributed by atoms with Gasteiger partial charge in [-0.2, -0.15) is 0 Å². The highest BCUT2D eigenvalue weighted by atomic mass is 14.8. The van der Waals surface area contributed by atoms with Gasteiger partial charge in [0.25, 0.3) is 0 Å². The van der Waals surface area contributed by atoms with E-state index >= 15 is 0 Å². The molecule has 0 amide bonds. The maximum absolute atomic E-state index is 4.00. The first kappa shape index (κ1) is 13.2. The van der Waals surface area contributed by atoms with Crippen LogP contribution in [0.5, 0.6) is 0 Å². The van der Waals surface area contributed by atoms with Crippen molar-refractivity contribution in [3.05, 3.63) is 30.1 Å². The van der Waals surface area contributed by atoms with Gasteiger partial charge in [0.1, 0.15) is 0 Å². The zero-order chi connectivity index (χ0) is 11.9. The summed E-state index contributed by atoms with van der Waals surface area (Å²) in [5, 5.41) is 3.46. The van der Waals surface area contributed by atoms with Crippen LogP contribution in [0.1, 0.15) is 45.6 Å². The molecule has 0 spiro atoms. The number of unbranched alkanes of at least 4 members (excludes halogenated alkanes) is 1. The third kappa shape index (κ3) is 6.57. The van der Waals surface area contributed by atoms with Crippen LogP contribution >= 0.6 is 0 Å². The van der Waals surface area contributed by atoms with E-state index in [9.17, 15) is 0 Å². The summed E-state index contributed by atoms with van der Waals surface area (Å²) in [5.41, 5.74) is 1.79. The molecule has 0 aliphatic rings. The van der Waals surface area contributed by atoms with E-state index in [1.807, 2.05) is 12.4 Å². The molecule has 0 radical (unpaired) electrons. The molecule has 0 aromatic carbocycles. The maximum Gasteiger partial charge on any atom is 0.0271 e. The zero-order valence-corrected chi connectivity index (χ0v) is 10.8. The van der Waals surface area contributed by atoms with Gasteiger partial charge in [0, 0.05) is 18.9 Å². The van der Waals surface area contributed by atoms with E-state index in [1.165, 1.54) is 24.8 Å². The Bertz CT molecular complexity index is 275. The molecule has 0 unspecified atom stereocenters. The molecule has 90 valence electrons. The summed E-state index contributed by atoms with van der Waals surface area (Å²) < 4.78 is 0. The molecule has 0 atom stereocenters. The number of nitrogens with zero attached hydrogens (tertiary/aromatic N) is 1. The van der Waals surface area contributed by atoms with Gasteiger partial charge in [0.2, 0.25) is 0 Å². The Hall–Kier alpha value is -0.890. The molecule has 2 heteroatoms. The minimum atomic E-state index is 0.477. The second-order valence-corrected chi connectivity index (χ2v) is 5.55. The molecular weight excluding hydrogens is 196 g/mol. The van der Waals surface area contributed by atoms with Crippen LogP contribution in [0.2, 0.25) is 0 Å². The molecule has 2 nitrogen and oxygen atoms in total. The number of rotatable bonds is 6. The van der Waals surface area contributed by atoms with E-state index < -0.39 is 0 Å². The fourth-order valence-corrected chi connectivity index (χ4v) is 1.64. The molecule has 16 heavy (non-hydrogen) atoms. The molecular formula is C14H24N2. The van der Waals surface area contributed by atoms with Crippen molar-refractivity contribution in [1.29, 1.82) is 0 Å². The van der Waals surface area contributed by atoms with Gasteiger partial charge in [0.05, 0.1) is 0 Å². The molecule has 0 saturated carbocycles.